The topological polar surface area (TPSA) is 79.1 Å². The van der Waals surface area contributed by atoms with E-state index in [-0.39, 0.29) is 5.92 Å². The van der Waals surface area contributed by atoms with Gasteiger partial charge in [0.25, 0.3) is 0 Å². The van der Waals surface area contributed by atoms with Gasteiger partial charge < -0.3 is 15.8 Å². The number of aromatic amines is 1. The average molecular weight is 276 g/mol. The summed E-state index contributed by atoms with van der Waals surface area (Å²) in [5.41, 5.74) is 6.02. The molecule has 1 unspecified atom stereocenters. The van der Waals surface area contributed by atoms with E-state index in [1.165, 1.54) is 11.8 Å². The predicted molar refractivity (Wildman–Crippen MR) is 76.3 cm³/mol. The number of fused-ring (bicyclic) bond motifs is 1. The monoisotopic (exact) mass is 276 g/mol. The number of para-hydroxylation sites is 1. The van der Waals surface area contributed by atoms with Gasteiger partial charge in [0.05, 0.1) is 5.03 Å². The fourth-order valence-corrected chi connectivity index (χ4v) is 3.42. The fraction of sp³-hybridized carbons (Fsp3) is 0.357. The third kappa shape index (κ3) is 2.35. The molecule has 5 heteroatoms. The number of hydrogen-bond acceptors (Lipinski definition) is 3. The fourth-order valence-electron chi connectivity index (χ4n) is 2.27. The standard InChI is InChI=1S/C14H16N2O2S/c15-14(13(17)18,10-5-6-10)8-19-12-7-9-3-1-2-4-11(9)16-12/h1-4,7,10,16H,5-6,8,15H2,(H,17,18). The summed E-state index contributed by atoms with van der Waals surface area (Å²) in [6, 6.07) is 10.0. The van der Waals surface area contributed by atoms with Crippen molar-refractivity contribution < 1.29 is 9.90 Å². The molecule has 1 saturated carbocycles. The molecule has 1 atom stereocenters. The summed E-state index contributed by atoms with van der Waals surface area (Å²) < 4.78 is 0. The van der Waals surface area contributed by atoms with Crippen molar-refractivity contribution in [3.63, 3.8) is 0 Å². The maximum absolute atomic E-state index is 11.3. The third-order valence-corrected chi connectivity index (χ3v) is 4.83. The van der Waals surface area contributed by atoms with E-state index in [9.17, 15) is 9.90 Å². The van der Waals surface area contributed by atoms with Crippen LogP contribution in [0.25, 0.3) is 10.9 Å². The molecule has 19 heavy (non-hydrogen) atoms. The first-order valence-corrected chi connectivity index (χ1v) is 7.31. The van der Waals surface area contributed by atoms with Crippen LogP contribution in [0.5, 0.6) is 0 Å². The molecule has 1 aromatic carbocycles. The van der Waals surface area contributed by atoms with Gasteiger partial charge in [0.2, 0.25) is 0 Å². The molecule has 0 saturated heterocycles. The lowest BCUT2D eigenvalue weighted by atomic mass is 9.98. The molecule has 4 N–H and O–H groups in total. The number of benzene rings is 1. The summed E-state index contributed by atoms with van der Waals surface area (Å²) in [6.07, 6.45) is 1.85. The number of carbonyl (C=O) groups is 1. The van der Waals surface area contributed by atoms with Crippen LogP contribution in [0.15, 0.2) is 35.4 Å². The second kappa shape index (κ2) is 4.58. The Hall–Kier alpha value is -1.46. The maximum Gasteiger partial charge on any atom is 0.324 e. The Bertz CT molecular complexity index is 588. The van der Waals surface area contributed by atoms with Crippen LogP contribution >= 0.6 is 11.8 Å². The molecule has 1 aliphatic rings. The Morgan fingerprint density at radius 2 is 2.21 bits per heavy atom. The van der Waals surface area contributed by atoms with Gasteiger partial charge in [0, 0.05) is 16.7 Å². The molecule has 4 nitrogen and oxygen atoms in total. The molecule has 1 fully saturated rings. The van der Waals surface area contributed by atoms with E-state index >= 15 is 0 Å². The first-order chi connectivity index (χ1) is 9.09. The summed E-state index contributed by atoms with van der Waals surface area (Å²) in [7, 11) is 0. The molecular formula is C14H16N2O2S. The normalized spacial score (nSPS) is 18.4. The van der Waals surface area contributed by atoms with Crippen LogP contribution in [0.1, 0.15) is 12.8 Å². The van der Waals surface area contributed by atoms with Crippen LogP contribution in [0, 0.1) is 5.92 Å². The highest BCUT2D eigenvalue weighted by Gasteiger charge is 2.48. The number of hydrogen-bond donors (Lipinski definition) is 3. The zero-order valence-corrected chi connectivity index (χ0v) is 11.2. The number of rotatable bonds is 5. The Morgan fingerprint density at radius 1 is 1.47 bits per heavy atom. The van der Waals surface area contributed by atoms with Crippen molar-refractivity contribution in [3.8, 4) is 0 Å². The van der Waals surface area contributed by atoms with Crippen molar-refractivity contribution in [2.75, 3.05) is 5.75 Å². The first kappa shape index (κ1) is 12.6. The van der Waals surface area contributed by atoms with Gasteiger partial charge in [-0.3, -0.25) is 4.79 Å². The van der Waals surface area contributed by atoms with Crippen LogP contribution in [-0.2, 0) is 4.79 Å². The van der Waals surface area contributed by atoms with Gasteiger partial charge >= 0.3 is 5.97 Å². The lowest BCUT2D eigenvalue weighted by molar-refractivity contribution is -0.143. The minimum Gasteiger partial charge on any atom is -0.480 e. The summed E-state index contributed by atoms with van der Waals surface area (Å²) in [6.45, 7) is 0. The second-order valence-corrected chi connectivity index (χ2v) is 6.15. The molecule has 3 rings (SSSR count). The van der Waals surface area contributed by atoms with E-state index in [1.54, 1.807) is 0 Å². The van der Waals surface area contributed by atoms with Gasteiger partial charge in [-0.15, -0.1) is 11.8 Å². The quantitative estimate of drug-likeness (QED) is 0.733. The molecule has 2 aromatic rings. The molecular weight excluding hydrogens is 260 g/mol. The van der Waals surface area contributed by atoms with E-state index in [0.29, 0.717) is 5.75 Å². The number of aromatic nitrogens is 1. The minimum absolute atomic E-state index is 0.127. The van der Waals surface area contributed by atoms with Crippen LogP contribution in [0.3, 0.4) is 0 Å². The minimum atomic E-state index is -1.10. The molecule has 0 bridgehead atoms. The van der Waals surface area contributed by atoms with E-state index in [2.05, 4.69) is 4.98 Å². The number of thioether (sulfide) groups is 1. The van der Waals surface area contributed by atoms with Crippen molar-refractivity contribution in [1.82, 2.24) is 4.98 Å². The van der Waals surface area contributed by atoms with Crippen LogP contribution in [-0.4, -0.2) is 27.4 Å². The highest BCUT2D eigenvalue weighted by molar-refractivity contribution is 7.99. The SMILES string of the molecule is NC(CSc1cc2ccccc2[nH]1)(C(=O)O)C1CC1. The van der Waals surface area contributed by atoms with Gasteiger partial charge in [-0.2, -0.15) is 0 Å². The highest BCUT2D eigenvalue weighted by Crippen LogP contribution is 2.41. The molecule has 0 aliphatic heterocycles. The number of nitrogens with one attached hydrogen (secondary N) is 1. The number of carboxylic acids is 1. The van der Waals surface area contributed by atoms with Crippen LogP contribution in [0.4, 0.5) is 0 Å². The van der Waals surface area contributed by atoms with Crippen molar-refractivity contribution in [1.29, 1.82) is 0 Å². The zero-order valence-electron chi connectivity index (χ0n) is 10.4. The Morgan fingerprint density at radius 3 is 2.84 bits per heavy atom. The maximum atomic E-state index is 11.3. The lowest BCUT2D eigenvalue weighted by Gasteiger charge is -2.23. The van der Waals surface area contributed by atoms with Gasteiger partial charge in [0.1, 0.15) is 5.54 Å². The third-order valence-electron chi connectivity index (χ3n) is 3.68. The van der Waals surface area contributed by atoms with Crippen molar-refractivity contribution in [3.05, 3.63) is 30.3 Å². The summed E-state index contributed by atoms with van der Waals surface area (Å²) in [5, 5.41) is 11.4. The van der Waals surface area contributed by atoms with Gasteiger partial charge in [-0.1, -0.05) is 18.2 Å². The van der Waals surface area contributed by atoms with E-state index in [1.807, 2.05) is 30.3 Å². The average Bonchev–Trinajstić information content (AvgIpc) is 3.16. The highest BCUT2D eigenvalue weighted by atomic mass is 32.2. The summed E-state index contributed by atoms with van der Waals surface area (Å²) >= 11 is 1.49. The predicted octanol–water partition coefficient (Wildman–Crippen LogP) is 2.45. The first-order valence-electron chi connectivity index (χ1n) is 6.32. The van der Waals surface area contributed by atoms with E-state index in [4.69, 9.17) is 5.73 Å². The van der Waals surface area contributed by atoms with Gasteiger partial charge in [-0.05, 0) is 30.9 Å². The number of carboxylic acid groups (broad SMARTS) is 1. The molecule has 1 heterocycles. The molecule has 0 amide bonds. The van der Waals surface area contributed by atoms with Crippen molar-refractivity contribution >= 4 is 28.6 Å². The number of aliphatic carboxylic acids is 1. The van der Waals surface area contributed by atoms with Crippen molar-refractivity contribution in [2.24, 2.45) is 11.7 Å². The van der Waals surface area contributed by atoms with Crippen molar-refractivity contribution in [2.45, 2.75) is 23.4 Å². The second-order valence-electron chi connectivity index (χ2n) is 5.13. The molecule has 1 aliphatic carbocycles. The summed E-state index contributed by atoms with van der Waals surface area (Å²) in [4.78, 5) is 14.6. The van der Waals surface area contributed by atoms with Gasteiger partial charge in [0.15, 0.2) is 0 Å². The zero-order chi connectivity index (χ0) is 13.5. The number of nitrogens with two attached hydrogens (primary N) is 1. The molecule has 100 valence electrons. The largest absolute Gasteiger partial charge is 0.480 e. The molecule has 0 radical (unpaired) electrons. The Labute approximate surface area is 115 Å². The number of H-pyrrole nitrogens is 1. The Kier molecular flexibility index (Phi) is 3.03. The lowest BCUT2D eigenvalue weighted by Crippen LogP contribution is -2.52. The molecule has 0 spiro atoms. The van der Waals surface area contributed by atoms with Crippen LogP contribution in [0.2, 0.25) is 0 Å². The smallest absolute Gasteiger partial charge is 0.324 e. The Balaban J connectivity index is 1.76. The molecule has 1 aromatic heterocycles. The van der Waals surface area contributed by atoms with Crippen LogP contribution < -0.4 is 5.73 Å². The van der Waals surface area contributed by atoms with E-state index < -0.39 is 11.5 Å². The van der Waals surface area contributed by atoms with E-state index in [0.717, 1.165) is 28.8 Å². The van der Waals surface area contributed by atoms with Gasteiger partial charge in [-0.25, -0.2) is 0 Å². The summed E-state index contributed by atoms with van der Waals surface area (Å²) in [5.74, 6) is -0.361.